The zero-order valence-electron chi connectivity index (χ0n) is 16.2. The second-order valence-corrected chi connectivity index (χ2v) is 7.43. The van der Waals surface area contributed by atoms with Gasteiger partial charge in [-0.2, -0.15) is 15.3 Å². The average molecular weight is 391 g/mol. The van der Waals surface area contributed by atoms with Crippen LogP contribution in [0, 0.1) is 5.92 Å². The van der Waals surface area contributed by atoms with Gasteiger partial charge in [-0.3, -0.25) is 14.6 Å². The van der Waals surface area contributed by atoms with E-state index in [0.29, 0.717) is 22.6 Å². The highest BCUT2D eigenvalue weighted by Crippen LogP contribution is 2.33. The van der Waals surface area contributed by atoms with Gasteiger partial charge in [-0.25, -0.2) is 4.52 Å². The fraction of sp³-hybridized carbons (Fsp3) is 0.300. The van der Waals surface area contributed by atoms with Crippen LogP contribution in [0.1, 0.15) is 28.9 Å². The first-order valence-corrected chi connectivity index (χ1v) is 9.51. The van der Waals surface area contributed by atoms with Gasteiger partial charge in [0.05, 0.1) is 25.1 Å². The zero-order chi connectivity index (χ0) is 20.0. The van der Waals surface area contributed by atoms with E-state index in [1.807, 2.05) is 31.6 Å². The van der Waals surface area contributed by atoms with Gasteiger partial charge in [-0.05, 0) is 31.2 Å². The molecule has 1 amide bonds. The summed E-state index contributed by atoms with van der Waals surface area (Å²) in [5.41, 5.74) is 3.91. The molecule has 9 heteroatoms. The number of carbonyl (C=O) groups is 1. The predicted molar refractivity (Wildman–Crippen MR) is 107 cm³/mol. The van der Waals surface area contributed by atoms with Crippen LogP contribution >= 0.6 is 0 Å². The van der Waals surface area contributed by atoms with E-state index in [0.717, 1.165) is 29.2 Å². The van der Waals surface area contributed by atoms with Gasteiger partial charge < -0.3 is 10.1 Å². The summed E-state index contributed by atoms with van der Waals surface area (Å²) in [5, 5.41) is 18.6. The minimum Gasteiger partial charge on any atom is -0.494 e. The van der Waals surface area contributed by atoms with Crippen LogP contribution < -0.4 is 10.1 Å². The van der Waals surface area contributed by atoms with E-state index in [2.05, 4.69) is 25.7 Å². The summed E-state index contributed by atoms with van der Waals surface area (Å²) in [5.74, 6) is 1.54. The van der Waals surface area contributed by atoms with Crippen molar-refractivity contribution < 1.29 is 9.53 Å². The monoisotopic (exact) mass is 391 g/mol. The molecule has 4 heterocycles. The molecule has 1 fully saturated rings. The number of pyridine rings is 1. The van der Waals surface area contributed by atoms with E-state index in [-0.39, 0.29) is 5.91 Å². The van der Waals surface area contributed by atoms with Crippen molar-refractivity contribution in [2.45, 2.75) is 19.3 Å². The third kappa shape index (κ3) is 3.35. The summed E-state index contributed by atoms with van der Waals surface area (Å²) in [6, 6.07) is 3.77. The molecule has 1 saturated carbocycles. The van der Waals surface area contributed by atoms with Crippen LogP contribution in [0.15, 0.2) is 36.9 Å². The standard InChI is InChI=1S/C20H21N7O2/c1-26-10-14(8-21-26)13-6-17(29-2)19-16(9-22-27(19)11-13)20(28)23-18-7-15(24-25-18)5-12-3-4-12/h6-12H,3-5H2,1-2H3,(H2,23,24,25,28). The van der Waals surface area contributed by atoms with Gasteiger partial charge in [0.1, 0.15) is 11.3 Å². The number of hydrogen-bond acceptors (Lipinski definition) is 5. The molecule has 4 aromatic heterocycles. The molecule has 29 heavy (non-hydrogen) atoms. The van der Waals surface area contributed by atoms with Crippen LogP contribution in [0.25, 0.3) is 16.6 Å². The van der Waals surface area contributed by atoms with Gasteiger partial charge in [-0.15, -0.1) is 0 Å². The summed E-state index contributed by atoms with van der Waals surface area (Å²) in [4.78, 5) is 12.9. The van der Waals surface area contributed by atoms with Gasteiger partial charge in [0.15, 0.2) is 5.82 Å². The lowest BCUT2D eigenvalue weighted by Crippen LogP contribution is -2.12. The minimum atomic E-state index is -0.281. The first kappa shape index (κ1) is 17.5. The van der Waals surface area contributed by atoms with Crippen molar-refractivity contribution in [3.63, 3.8) is 0 Å². The quantitative estimate of drug-likeness (QED) is 0.526. The lowest BCUT2D eigenvalue weighted by atomic mass is 10.1. The van der Waals surface area contributed by atoms with Crippen LogP contribution in [0.3, 0.4) is 0 Å². The molecule has 1 aliphatic carbocycles. The van der Waals surface area contributed by atoms with Gasteiger partial charge in [0, 0.05) is 42.3 Å². The number of rotatable bonds is 6. The predicted octanol–water partition coefficient (Wildman–Crippen LogP) is 2.67. The highest BCUT2D eigenvalue weighted by atomic mass is 16.5. The molecule has 0 spiro atoms. The number of aryl methyl sites for hydroxylation is 1. The molecule has 0 bridgehead atoms. The van der Waals surface area contributed by atoms with Crippen molar-refractivity contribution >= 4 is 17.2 Å². The Morgan fingerprint density at radius 2 is 2.10 bits per heavy atom. The number of ether oxygens (including phenoxy) is 1. The SMILES string of the molecule is COc1cc(-c2cnn(C)c2)cn2ncc(C(=O)Nc3cc(CC4CC4)[nH]n3)c12. The second-order valence-electron chi connectivity index (χ2n) is 7.43. The van der Waals surface area contributed by atoms with Crippen molar-refractivity contribution in [2.75, 3.05) is 12.4 Å². The van der Waals surface area contributed by atoms with Crippen molar-refractivity contribution in [3.05, 3.63) is 48.2 Å². The molecule has 0 saturated heterocycles. The maximum absolute atomic E-state index is 12.9. The topological polar surface area (TPSA) is 102 Å². The highest BCUT2D eigenvalue weighted by Gasteiger charge is 2.23. The van der Waals surface area contributed by atoms with Crippen LogP contribution in [-0.2, 0) is 13.5 Å². The maximum Gasteiger partial charge on any atom is 0.260 e. The largest absolute Gasteiger partial charge is 0.494 e. The summed E-state index contributed by atoms with van der Waals surface area (Å²) in [6.07, 6.45) is 10.6. The van der Waals surface area contributed by atoms with Crippen molar-refractivity contribution in [3.8, 4) is 16.9 Å². The Kier molecular flexibility index (Phi) is 4.08. The summed E-state index contributed by atoms with van der Waals surface area (Å²) >= 11 is 0. The van der Waals surface area contributed by atoms with Gasteiger partial charge in [0.2, 0.25) is 0 Å². The Balaban J connectivity index is 1.45. The van der Waals surface area contributed by atoms with E-state index in [1.165, 1.54) is 19.0 Å². The number of anilines is 1. The Bertz CT molecular complexity index is 1200. The normalized spacial score (nSPS) is 13.7. The van der Waals surface area contributed by atoms with Crippen molar-refractivity contribution in [1.82, 2.24) is 29.6 Å². The minimum absolute atomic E-state index is 0.281. The Hall–Kier alpha value is -3.62. The summed E-state index contributed by atoms with van der Waals surface area (Å²) in [7, 11) is 3.44. The second kappa shape index (κ2) is 6.77. The molecular formula is C20H21N7O2. The van der Waals surface area contributed by atoms with Gasteiger partial charge in [-0.1, -0.05) is 0 Å². The Morgan fingerprint density at radius 3 is 2.83 bits per heavy atom. The number of H-pyrrole nitrogens is 1. The number of aromatic nitrogens is 6. The molecule has 4 aromatic rings. The molecule has 148 valence electrons. The lowest BCUT2D eigenvalue weighted by Gasteiger charge is -2.08. The van der Waals surface area contributed by atoms with Gasteiger partial charge >= 0.3 is 0 Å². The van der Waals surface area contributed by atoms with Gasteiger partial charge in [0.25, 0.3) is 5.91 Å². The molecule has 0 aliphatic heterocycles. The average Bonchev–Trinajstić information content (AvgIpc) is 3.08. The van der Waals surface area contributed by atoms with E-state index in [9.17, 15) is 4.79 Å². The molecule has 0 radical (unpaired) electrons. The number of hydrogen-bond donors (Lipinski definition) is 2. The third-order valence-electron chi connectivity index (χ3n) is 5.16. The molecule has 0 atom stereocenters. The highest BCUT2D eigenvalue weighted by molar-refractivity contribution is 6.09. The molecule has 9 nitrogen and oxygen atoms in total. The molecule has 1 aliphatic rings. The number of nitrogens with zero attached hydrogens (tertiary/aromatic N) is 5. The molecule has 0 unspecified atom stereocenters. The number of methoxy groups -OCH3 is 1. The van der Waals surface area contributed by atoms with E-state index < -0.39 is 0 Å². The van der Waals surface area contributed by atoms with Crippen LogP contribution in [0.4, 0.5) is 5.82 Å². The molecule has 0 aromatic carbocycles. The number of aromatic amines is 1. The zero-order valence-corrected chi connectivity index (χ0v) is 16.2. The van der Waals surface area contributed by atoms with Crippen molar-refractivity contribution in [1.29, 1.82) is 0 Å². The third-order valence-corrected chi connectivity index (χ3v) is 5.16. The lowest BCUT2D eigenvalue weighted by molar-refractivity contribution is 0.102. The van der Waals surface area contributed by atoms with Crippen molar-refractivity contribution in [2.24, 2.45) is 13.0 Å². The maximum atomic E-state index is 12.9. The number of carbonyl (C=O) groups excluding carboxylic acids is 1. The van der Waals surface area contributed by atoms with E-state index in [1.54, 1.807) is 22.5 Å². The first-order valence-electron chi connectivity index (χ1n) is 9.51. The van der Waals surface area contributed by atoms with Crippen LogP contribution in [0.2, 0.25) is 0 Å². The summed E-state index contributed by atoms with van der Waals surface area (Å²) < 4.78 is 8.94. The smallest absolute Gasteiger partial charge is 0.260 e. The van der Waals surface area contributed by atoms with Crippen LogP contribution in [0.5, 0.6) is 5.75 Å². The van der Waals surface area contributed by atoms with E-state index >= 15 is 0 Å². The number of amides is 1. The fourth-order valence-electron chi connectivity index (χ4n) is 3.48. The Labute approximate surface area is 166 Å². The van der Waals surface area contributed by atoms with E-state index in [4.69, 9.17) is 4.74 Å². The Morgan fingerprint density at radius 1 is 1.24 bits per heavy atom. The molecule has 5 rings (SSSR count). The van der Waals surface area contributed by atoms with Crippen LogP contribution in [-0.4, -0.2) is 42.6 Å². The fourth-order valence-corrected chi connectivity index (χ4v) is 3.48. The number of nitrogens with one attached hydrogen (secondary N) is 2. The summed E-state index contributed by atoms with van der Waals surface area (Å²) in [6.45, 7) is 0. The molecule has 2 N–H and O–H groups in total. The number of fused-ring (bicyclic) bond motifs is 1. The first-order chi connectivity index (χ1) is 14.1. The molecular weight excluding hydrogens is 370 g/mol.